The first kappa shape index (κ1) is 21.9. The van der Waals surface area contributed by atoms with Gasteiger partial charge in [-0.3, -0.25) is 14.5 Å². The van der Waals surface area contributed by atoms with E-state index in [0.717, 1.165) is 21.8 Å². The Labute approximate surface area is 185 Å². The summed E-state index contributed by atoms with van der Waals surface area (Å²) in [6.45, 7) is 1.83. The lowest BCUT2D eigenvalue weighted by Gasteiger charge is -2.13. The molecule has 0 aliphatic carbocycles. The quantitative estimate of drug-likeness (QED) is 0.541. The van der Waals surface area contributed by atoms with E-state index in [4.69, 9.17) is 14.6 Å². The fourth-order valence-electron chi connectivity index (χ4n) is 2.73. The van der Waals surface area contributed by atoms with Gasteiger partial charge in [0.15, 0.2) is 18.1 Å². The predicted molar refractivity (Wildman–Crippen MR) is 116 cm³/mol. The van der Waals surface area contributed by atoms with E-state index in [2.05, 4.69) is 15.9 Å². The first-order valence-electron chi connectivity index (χ1n) is 8.99. The van der Waals surface area contributed by atoms with Crippen LogP contribution in [0.1, 0.15) is 18.1 Å². The van der Waals surface area contributed by atoms with Crippen molar-refractivity contribution in [1.82, 2.24) is 4.90 Å². The molecule has 1 saturated heterocycles. The molecular weight excluding hydrogens is 474 g/mol. The highest BCUT2D eigenvalue weighted by atomic mass is 79.9. The molecule has 0 spiro atoms. The first-order chi connectivity index (χ1) is 14.4. The van der Waals surface area contributed by atoms with Gasteiger partial charge in [0, 0.05) is 4.47 Å². The molecule has 1 aliphatic heterocycles. The maximum absolute atomic E-state index is 12.8. The summed E-state index contributed by atoms with van der Waals surface area (Å²) < 4.78 is 11.6. The molecule has 1 aliphatic rings. The number of imide groups is 1. The lowest BCUT2D eigenvalue weighted by Crippen LogP contribution is -2.27. The second kappa shape index (κ2) is 9.82. The molecule has 2 aromatic carbocycles. The minimum absolute atomic E-state index is 0.176. The highest BCUT2D eigenvalue weighted by Crippen LogP contribution is 2.36. The van der Waals surface area contributed by atoms with E-state index in [1.807, 2.05) is 24.3 Å². The number of carbonyl (C=O) groups excluding carboxylic acids is 2. The molecule has 0 bridgehead atoms. The van der Waals surface area contributed by atoms with E-state index in [1.165, 1.54) is 4.90 Å². The van der Waals surface area contributed by atoms with E-state index < -0.39 is 12.6 Å². The van der Waals surface area contributed by atoms with Crippen LogP contribution in [0.3, 0.4) is 0 Å². The lowest BCUT2D eigenvalue weighted by atomic mass is 10.1. The van der Waals surface area contributed by atoms with Crippen LogP contribution in [0.2, 0.25) is 0 Å². The van der Waals surface area contributed by atoms with Crippen molar-refractivity contribution in [3.63, 3.8) is 0 Å². The van der Waals surface area contributed by atoms with Gasteiger partial charge in [-0.15, -0.1) is 0 Å². The molecule has 2 aromatic rings. The summed E-state index contributed by atoms with van der Waals surface area (Å²) in [5.74, 6) is -0.816. The Morgan fingerprint density at radius 1 is 1.17 bits per heavy atom. The number of benzene rings is 2. The maximum Gasteiger partial charge on any atom is 0.341 e. The first-order valence-corrected chi connectivity index (χ1v) is 10.6. The summed E-state index contributed by atoms with van der Waals surface area (Å²) in [7, 11) is 0. The van der Waals surface area contributed by atoms with Crippen molar-refractivity contribution in [1.29, 1.82) is 0 Å². The molecule has 9 heteroatoms. The summed E-state index contributed by atoms with van der Waals surface area (Å²) >= 11 is 4.30. The zero-order valence-electron chi connectivity index (χ0n) is 16.0. The van der Waals surface area contributed by atoms with E-state index in [0.29, 0.717) is 28.6 Å². The molecule has 1 fully saturated rings. The van der Waals surface area contributed by atoms with E-state index >= 15 is 0 Å². The maximum atomic E-state index is 12.8. The lowest BCUT2D eigenvalue weighted by molar-refractivity contribution is -0.139. The van der Waals surface area contributed by atoms with Crippen LogP contribution in [-0.4, -0.2) is 40.3 Å². The third-order valence-corrected chi connectivity index (χ3v) is 5.76. The number of aliphatic carboxylic acids is 1. The van der Waals surface area contributed by atoms with Crippen molar-refractivity contribution >= 4 is 50.9 Å². The fraction of sp³-hybridized carbons (Fsp3) is 0.190. The summed E-state index contributed by atoms with van der Waals surface area (Å²) in [4.78, 5) is 37.4. The molecule has 0 saturated carbocycles. The number of hydrogen-bond acceptors (Lipinski definition) is 6. The number of carboxylic acids is 1. The van der Waals surface area contributed by atoms with Crippen LogP contribution in [0.4, 0.5) is 4.79 Å². The summed E-state index contributed by atoms with van der Waals surface area (Å²) in [6, 6.07) is 12.3. The largest absolute Gasteiger partial charge is 0.490 e. The summed E-state index contributed by atoms with van der Waals surface area (Å²) in [5, 5.41) is 8.45. The van der Waals surface area contributed by atoms with Gasteiger partial charge in [-0.25, -0.2) is 4.79 Å². The molecule has 7 nitrogen and oxygen atoms in total. The standard InChI is InChI=1S/C21H18BrNO6S/c1-2-28-17-9-13(7-8-16(17)29-12-19(24)25)10-18-20(26)23(21(27)30-18)11-14-5-3-4-6-15(14)22/h3-10H,2,11-12H2,1H3,(H,24,25)/b18-10-. The van der Waals surface area contributed by atoms with Crippen LogP contribution in [0.15, 0.2) is 51.8 Å². The number of amides is 2. The average molecular weight is 492 g/mol. The Bertz CT molecular complexity index is 1020. The van der Waals surface area contributed by atoms with Gasteiger partial charge in [0.1, 0.15) is 0 Å². The van der Waals surface area contributed by atoms with Gasteiger partial charge < -0.3 is 14.6 Å². The molecule has 0 unspecified atom stereocenters. The number of halogens is 1. The Balaban J connectivity index is 1.81. The van der Waals surface area contributed by atoms with Gasteiger partial charge in [-0.05, 0) is 54.1 Å². The summed E-state index contributed by atoms with van der Waals surface area (Å²) in [6.07, 6.45) is 1.61. The van der Waals surface area contributed by atoms with Crippen molar-refractivity contribution in [3.8, 4) is 11.5 Å². The SMILES string of the molecule is CCOc1cc(/C=C2\SC(=O)N(Cc3ccccc3Br)C2=O)ccc1OCC(=O)O. The molecule has 0 radical (unpaired) electrons. The van der Waals surface area contributed by atoms with Gasteiger partial charge in [-0.1, -0.05) is 40.2 Å². The average Bonchev–Trinajstić information content (AvgIpc) is 2.96. The molecule has 2 amide bonds. The van der Waals surface area contributed by atoms with Crippen molar-refractivity contribution in [2.24, 2.45) is 0 Å². The molecule has 1 N–H and O–H groups in total. The van der Waals surface area contributed by atoms with Crippen molar-refractivity contribution in [3.05, 3.63) is 63.0 Å². The minimum atomic E-state index is -1.10. The van der Waals surface area contributed by atoms with E-state index in [9.17, 15) is 14.4 Å². The Morgan fingerprint density at radius 3 is 2.63 bits per heavy atom. The number of hydrogen-bond donors (Lipinski definition) is 1. The zero-order chi connectivity index (χ0) is 21.7. The third-order valence-electron chi connectivity index (χ3n) is 4.08. The monoisotopic (exact) mass is 491 g/mol. The molecular formula is C21H18BrNO6S. The topological polar surface area (TPSA) is 93.1 Å². The number of carbonyl (C=O) groups is 3. The second-order valence-corrected chi connectivity index (χ2v) is 8.03. The van der Waals surface area contributed by atoms with Crippen LogP contribution < -0.4 is 9.47 Å². The molecule has 30 heavy (non-hydrogen) atoms. The van der Waals surface area contributed by atoms with Gasteiger partial charge >= 0.3 is 5.97 Å². The molecule has 0 aromatic heterocycles. The smallest absolute Gasteiger partial charge is 0.341 e. The highest BCUT2D eigenvalue weighted by molar-refractivity contribution is 9.10. The molecule has 156 valence electrons. The molecule has 3 rings (SSSR count). The Hall–Kier alpha value is -2.78. The third kappa shape index (κ3) is 5.22. The van der Waals surface area contributed by atoms with Crippen molar-refractivity contribution < 1.29 is 29.0 Å². The van der Waals surface area contributed by atoms with Gasteiger partial charge in [0.25, 0.3) is 11.1 Å². The minimum Gasteiger partial charge on any atom is -0.490 e. The number of rotatable bonds is 8. The predicted octanol–water partition coefficient (Wildman–Crippen LogP) is 4.55. The van der Waals surface area contributed by atoms with Crippen LogP contribution >= 0.6 is 27.7 Å². The summed E-state index contributed by atoms with van der Waals surface area (Å²) in [5.41, 5.74) is 1.46. The number of ether oxygens (including phenoxy) is 2. The van der Waals surface area contributed by atoms with Crippen LogP contribution in [-0.2, 0) is 16.1 Å². The number of nitrogens with zero attached hydrogens (tertiary/aromatic N) is 1. The zero-order valence-corrected chi connectivity index (χ0v) is 18.4. The van der Waals surface area contributed by atoms with Crippen LogP contribution in [0.25, 0.3) is 6.08 Å². The Kier molecular flexibility index (Phi) is 7.17. The van der Waals surface area contributed by atoms with E-state index in [-0.39, 0.29) is 17.7 Å². The number of thioether (sulfide) groups is 1. The second-order valence-electron chi connectivity index (χ2n) is 6.18. The normalized spacial score (nSPS) is 15.0. The Morgan fingerprint density at radius 2 is 1.93 bits per heavy atom. The van der Waals surface area contributed by atoms with Gasteiger partial charge in [0.2, 0.25) is 0 Å². The fourth-order valence-corrected chi connectivity index (χ4v) is 3.97. The molecule has 0 atom stereocenters. The van der Waals surface area contributed by atoms with Crippen molar-refractivity contribution in [2.75, 3.05) is 13.2 Å². The van der Waals surface area contributed by atoms with Gasteiger partial charge in [-0.2, -0.15) is 0 Å². The number of carboxylic acid groups (broad SMARTS) is 1. The van der Waals surface area contributed by atoms with Gasteiger partial charge in [0.05, 0.1) is 18.1 Å². The van der Waals surface area contributed by atoms with Crippen LogP contribution in [0.5, 0.6) is 11.5 Å². The molecule has 1 heterocycles. The van der Waals surface area contributed by atoms with E-state index in [1.54, 1.807) is 31.2 Å². The van der Waals surface area contributed by atoms with Crippen molar-refractivity contribution in [2.45, 2.75) is 13.5 Å². The highest BCUT2D eigenvalue weighted by Gasteiger charge is 2.35. The van der Waals surface area contributed by atoms with Crippen LogP contribution in [0, 0.1) is 0 Å².